The standard InChI is InChI=1S/C13H19N3O3S/c1-16(2)20(18,19)11-5-3-4-10(8-11)15-12(17)13(9-14)6-7-13/h3-5,8H,6-7,9,14H2,1-2H3,(H,15,17). The van der Waals surface area contributed by atoms with E-state index in [9.17, 15) is 13.2 Å². The van der Waals surface area contributed by atoms with Crippen molar-refractivity contribution in [2.45, 2.75) is 17.7 Å². The Morgan fingerprint density at radius 2 is 2.05 bits per heavy atom. The first-order valence-corrected chi connectivity index (χ1v) is 7.80. The van der Waals surface area contributed by atoms with Gasteiger partial charge in [0.1, 0.15) is 0 Å². The molecule has 0 heterocycles. The van der Waals surface area contributed by atoms with Crippen LogP contribution in [0.4, 0.5) is 5.69 Å². The molecule has 1 aromatic carbocycles. The summed E-state index contributed by atoms with van der Waals surface area (Å²) in [4.78, 5) is 12.2. The summed E-state index contributed by atoms with van der Waals surface area (Å²) in [5, 5.41) is 2.75. The molecule has 0 radical (unpaired) electrons. The predicted molar refractivity (Wildman–Crippen MR) is 76.7 cm³/mol. The highest BCUT2D eigenvalue weighted by Gasteiger charge is 2.48. The normalized spacial score (nSPS) is 17.0. The number of rotatable bonds is 5. The predicted octanol–water partition coefficient (Wildman–Crippen LogP) is 0.614. The number of nitrogens with two attached hydrogens (primary N) is 1. The van der Waals surface area contributed by atoms with Gasteiger partial charge in [0.05, 0.1) is 10.3 Å². The van der Waals surface area contributed by atoms with Crippen molar-refractivity contribution in [1.82, 2.24) is 4.31 Å². The molecule has 0 bridgehead atoms. The Hall–Kier alpha value is -1.44. The molecule has 1 saturated carbocycles. The van der Waals surface area contributed by atoms with Crippen molar-refractivity contribution < 1.29 is 13.2 Å². The molecule has 0 atom stereocenters. The van der Waals surface area contributed by atoms with E-state index in [-0.39, 0.29) is 10.8 Å². The summed E-state index contributed by atoms with van der Waals surface area (Å²) in [6.07, 6.45) is 1.57. The number of carbonyl (C=O) groups is 1. The molecular weight excluding hydrogens is 278 g/mol. The van der Waals surface area contributed by atoms with Gasteiger partial charge >= 0.3 is 0 Å². The molecule has 0 aromatic heterocycles. The summed E-state index contributed by atoms with van der Waals surface area (Å²) in [6, 6.07) is 6.23. The smallest absolute Gasteiger partial charge is 0.242 e. The van der Waals surface area contributed by atoms with Gasteiger partial charge in [-0.05, 0) is 31.0 Å². The fourth-order valence-corrected chi connectivity index (χ4v) is 2.83. The van der Waals surface area contributed by atoms with Crippen LogP contribution in [0.15, 0.2) is 29.2 Å². The fourth-order valence-electron chi connectivity index (χ4n) is 1.88. The van der Waals surface area contributed by atoms with Gasteiger partial charge in [-0.25, -0.2) is 12.7 Å². The van der Waals surface area contributed by atoms with Crippen LogP contribution in [0.3, 0.4) is 0 Å². The number of carbonyl (C=O) groups excluding carboxylic acids is 1. The fraction of sp³-hybridized carbons (Fsp3) is 0.462. The zero-order chi connectivity index (χ0) is 15.0. The molecule has 1 amide bonds. The topological polar surface area (TPSA) is 92.5 Å². The highest BCUT2D eigenvalue weighted by molar-refractivity contribution is 7.89. The number of nitrogens with zero attached hydrogens (tertiary/aromatic N) is 1. The SMILES string of the molecule is CN(C)S(=O)(=O)c1cccc(NC(=O)C2(CN)CC2)c1. The van der Waals surface area contributed by atoms with Crippen molar-refractivity contribution >= 4 is 21.6 Å². The lowest BCUT2D eigenvalue weighted by molar-refractivity contribution is -0.120. The second-order valence-corrected chi connectivity index (χ2v) is 7.41. The maximum atomic E-state index is 12.1. The number of hydrogen-bond acceptors (Lipinski definition) is 4. The van der Waals surface area contributed by atoms with E-state index in [0.29, 0.717) is 12.2 Å². The summed E-state index contributed by atoms with van der Waals surface area (Å²) in [6.45, 7) is 0.314. The van der Waals surface area contributed by atoms with Crippen LogP contribution in [0, 0.1) is 5.41 Å². The summed E-state index contributed by atoms with van der Waals surface area (Å²) in [5.41, 5.74) is 5.61. The van der Waals surface area contributed by atoms with Gasteiger partial charge in [-0.15, -0.1) is 0 Å². The summed E-state index contributed by atoms with van der Waals surface area (Å²) >= 11 is 0. The molecule has 7 heteroatoms. The van der Waals surface area contributed by atoms with Gasteiger partial charge in [-0.2, -0.15) is 0 Å². The quantitative estimate of drug-likeness (QED) is 0.833. The molecule has 0 spiro atoms. The Labute approximate surface area is 119 Å². The Bertz CT molecular complexity index is 622. The van der Waals surface area contributed by atoms with E-state index in [0.717, 1.165) is 17.1 Å². The summed E-state index contributed by atoms with van der Waals surface area (Å²) < 4.78 is 25.2. The molecule has 2 rings (SSSR count). The lowest BCUT2D eigenvalue weighted by Gasteiger charge is -2.15. The lowest BCUT2D eigenvalue weighted by Crippen LogP contribution is -2.31. The summed E-state index contributed by atoms with van der Waals surface area (Å²) in [5.74, 6) is -0.139. The van der Waals surface area contributed by atoms with E-state index in [1.54, 1.807) is 12.1 Å². The molecule has 6 nitrogen and oxygen atoms in total. The molecule has 110 valence electrons. The molecule has 3 N–H and O–H groups in total. The van der Waals surface area contributed by atoms with Crippen molar-refractivity contribution in [3.05, 3.63) is 24.3 Å². The summed E-state index contributed by atoms with van der Waals surface area (Å²) in [7, 11) is -0.570. The largest absolute Gasteiger partial charge is 0.329 e. The lowest BCUT2D eigenvalue weighted by atomic mass is 10.1. The minimum absolute atomic E-state index is 0.139. The minimum Gasteiger partial charge on any atom is -0.329 e. The van der Waals surface area contributed by atoms with Crippen molar-refractivity contribution in [3.8, 4) is 0 Å². The van der Waals surface area contributed by atoms with E-state index >= 15 is 0 Å². The third-order valence-electron chi connectivity index (χ3n) is 3.60. The maximum Gasteiger partial charge on any atom is 0.242 e. The monoisotopic (exact) mass is 297 g/mol. The molecule has 20 heavy (non-hydrogen) atoms. The Kier molecular flexibility index (Phi) is 3.86. The molecule has 1 aliphatic rings. The Morgan fingerprint density at radius 3 is 2.55 bits per heavy atom. The number of benzene rings is 1. The first kappa shape index (κ1) is 15.0. The van der Waals surface area contributed by atoms with Crippen molar-refractivity contribution in [2.75, 3.05) is 26.0 Å². The van der Waals surface area contributed by atoms with Crippen LogP contribution in [0.5, 0.6) is 0 Å². The van der Waals surface area contributed by atoms with Crippen LogP contribution in [0.25, 0.3) is 0 Å². The second kappa shape index (κ2) is 5.16. The van der Waals surface area contributed by atoms with Gasteiger partial charge < -0.3 is 11.1 Å². The Balaban J connectivity index is 2.21. The third-order valence-corrected chi connectivity index (χ3v) is 5.41. The zero-order valence-electron chi connectivity index (χ0n) is 11.6. The number of anilines is 1. The van der Waals surface area contributed by atoms with Crippen LogP contribution >= 0.6 is 0 Å². The second-order valence-electron chi connectivity index (χ2n) is 5.25. The van der Waals surface area contributed by atoms with Crippen LogP contribution < -0.4 is 11.1 Å². The van der Waals surface area contributed by atoms with E-state index in [1.165, 1.54) is 26.2 Å². The first-order valence-electron chi connectivity index (χ1n) is 6.36. The molecule has 1 aliphatic carbocycles. The van der Waals surface area contributed by atoms with Gasteiger partial charge in [-0.1, -0.05) is 6.07 Å². The van der Waals surface area contributed by atoms with E-state index in [1.807, 2.05) is 0 Å². The Morgan fingerprint density at radius 1 is 1.40 bits per heavy atom. The number of amides is 1. The van der Waals surface area contributed by atoms with E-state index < -0.39 is 15.4 Å². The van der Waals surface area contributed by atoms with E-state index in [2.05, 4.69) is 5.32 Å². The third kappa shape index (κ3) is 2.70. The molecule has 0 aliphatic heterocycles. The highest BCUT2D eigenvalue weighted by Crippen LogP contribution is 2.45. The van der Waals surface area contributed by atoms with Gasteiger partial charge in [0, 0.05) is 26.3 Å². The number of nitrogens with one attached hydrogen (secondary N) is 1. The molecule has 0 saturated heterocycles. The zero-order valence-corrected chi connectivity index (χ0v) is 12.4. The van der Waals surface area contributed by atoms with Crippen molar-refractivity contribution in [1.29, 1.82) is 0 Å². The molecule has 1 aromatic rings. The average Bonchev–Trinajstić information content (AvgIpc) is 3.20. The highest BCUT2D eigenvalue weighted by atomic mass is 32.2. The molecule has 1 fully saturated rings. The maximum absolute atomic E-state index is 12.1. The van der Waals surface area contributed by atoms with Crippen molar-refractivity contribution in [2.24, 2.45) is 11.1 Å². The molecule has 0 unspecified atom stereocenters. The number of sulfonamides is 1. The van der Waals surface area contributed by atoms with Gasteiger partial charge in [0.25, 0.3) is 0 Å². The van der Waals surface area contributed by atoms with Crippen molar-refractivity contribution in [3.63, 3.8) is 0 Å². The number of hydrogen-bond donors (Lipinski definition) is 2. The van der Waals surface area contributed by atoms with Crippen LogP contribution in [-0.4, -0.2) is 39.3 Å². The van der Waals surface area contributed by atoms with Gasteiger partial charge in [0.2, 0.25) is 15.9 Å². The minimum atomic E-state index is -3.50. The van der Waals surface area contributed by atoms with Gasteiger partial charge in [-0.3, -0.25) is 4.79 Å². The molecular formula is C13H19N3O3S. The first-order chi connectivity index (χ1) is 9.32. The van der Waals surface area contributed by atoms with Crippen LogP contribution in [0.1, 0.15) is 12.8 Å². The van der Waals surface area contributed by atoms with Gasteiger partial charge in [0.15, 0.2) is 0 Å². The average molecular weight is 297 g/mol. The van der Waals surface area contributed by atoms with E-state index in [4.69, 9.17) is 5.73 Å². The van der Waals surface area contributed by atoms with Crippen LogP contribution in [-0.2, 0) is 14.8 Å². The van der Waals surface area contributed by atoms with Crippen LogP contribution in [0.2, 0.25) is 0 Å².